The summed E-state index contributed by atoms with van der Waals surface area (Å²) in [6.45, 7) is 6.93. The summed E-state index contributed by atoms with van der Waals surface area (Å²) >= 11 is 1.33. The normalized spacial score (nSPS) is 10.8. The van der Waals surface area contributed by atoms with Crippen molar-refractivity contribution < 1.29 is 23.9 Å². The Morgan fingerprint density at radius 2 is 1.81 bits per heavy atom. The topological polar surface area (TPSA) is 107 Å². The fraction of sp³-hybridized carbons (Fsp3) is 0.385. The van der Waals surface area contributed by atoms with Gasteiger partial charge >= 0.3 is 5.69 Å². The third kappa shape index (κ3) is 7.17. The van der Waals surface area contributed by atoms with Crippen LogP contribution in [-0.4, -0.2) is 67.7 Å². The summed E-state index contributed by atoms with van der Waals surface area (Å²) in [6.07, 6.45) is 0.732. The van der Waals surface area contributed by atoms with E-state index in [4.69, 9.17) is 19.2 Å². The fourth-order valence-electron chi connectivity index (χ4n) is 3.79. The van der Waals surface area contributed by atoms with Crippen LogP contribution in [0.5, 0.6) is 17.2 Å². The summed E-state index contributed by atoms with van der Waals surface area (Å²) in [6, 6.07) is 11.4. The molecule has 11 heteroatoms. The lowest BCUT2D eigenvalue weighted by Gasteiger charge is -2.23. The number of ether oxygens (including phenoxy) is 3. The molecule has 198 valence electrons. The second-order valence-electron chi connectivity index (χ2n) is 8.02. The van der Waals surface area contributed by atoms with E-state index in [0.717, 1.165) is 31.6 Å². The first-order chi connectivity index (χ1) is 17.9. The predicted molar refractivity (Wildman–Crippen MR) is 144 cm³/mol. The van der Waals surface area contributed by atoms with Crippen molar-refractivity contribution in [3.8, 4) is 28.5 Å². The molecule has 0 N–H and O–H groups in total. The van der Waals surface area contributed by atoms with E-state index in [1.54, 1.807) is 43.4 Å². The van der Waals surface area contributed by atoms with Crippen molar-refractivity contribution >= 4 is 28.1 Å². The van der Waals surface area contributed by atoms with Crippen molar-refractivity contribution in [2.75, 3.05) is 51.9 Å². The van der Waals surface area contributed by atoms with Crippen LogP contribution in [0.25, 0.3) is 11.3 Å². The van der Waals surface area contributed by atoms with Gasteiger partial charge in [-0.2, -0.15) is 0 Å². The molecule has 1 amide bonds. The standard InChI is InChI=1S/C26H32N4O6S/c1-5-28(6-2)14-9-15-29(25(31)17-36-24-11-8-7-10-22(24)30(32)33)26-27-21(18-37-26)20-16-19(34-3)12-13-23(20)35-4/h7-8,10-13,16,18H,5-6,9,14-15,17H2,1-4H3. The third-order valence-corrected chi connectivity index (χ3v) is 6.73. The largest absolute Gasteiger partial charge is 0.497 e. The molecule has 0 bridgehead atoms. The molecule has 3 aromatic rings. The van der Waals surface area contributed by atoms with Gasteiger partial charge in [0.25, 0.3) is 5.91 Å². The number of hydrogen-bond acceptors (Lipinski definition) is 9. The number of benzene rings is 2. The van der Waals surface area contributed by atoms with E-state index in [1.165, 1.54) is 23.5 Å². The van der Waals surface area contributed by atoms with Gasteiger partial charge < -0.3 is 19.1 Å². The van der Waals surface area contributed by atoms with Gasteiger partial charge in [-0.15, -0.1) is 11.3 Å². The highest BCUT2D eigenvalue weighted by Crippen LogP contribution is 2.36. The molecule has 0 fully saturated rings. The Bertz CT molecular complexity index is 1200. The summed E-state index contributed by atoms with van der Waals surface area (Å²) in [5.74, 6) is 1.01. The molecule has 1 heterocycles. The number of nitro benzene ring substituents is 1. The lowest BCUT2D eigenvalue weighted by Crippen LogP contribution is -2.37. The van der Waals surface area contributed by atoms with Crippen LogP contribution in [0, 0.1) is 10.1 Å². The van der Waals surface area contributed by atoms with Crippen molar-refractivity contribution in [2.45, 2.75) is 20.3 Å². The van der Waals surface area contributed by atoms with Crippen LogP contribution in [0.2, 0.25) is 0 Å². The molecule has 10 nitrogen and oxygen atoms in total. The number of para-hydroxylation sites is 2. The average molecular weight is 529 g/mol. The third-order valence-electron chi connectivity index (χ3n) is 5.87. The second kappa shape index (κ2) is 13.6. The lowest BCUT2D eigenvalue weighted by molar-refractivity contribution is -0.385. The molecule has 2 aromatic carbocycles. The molecule has 0 radical (unpaired) electrons. The number of amides is 1. The number of rotatable bonds is 14. The number of hydrogen-bond donors (Lipinski definition) is 0. The fourth-order valence-corrected chi connectivity index (χ4v) is 4.66. The molecule has 0 aliphatic carbocycles. The van der Waals surface area contributed by atoms with Crippen LogP contribution in [0.1, 0.15) is 20.3 Å². The van der Waals surface area contributed by atoms with Crippen molar-refractivity contribution in [1.29, 1.82) is 0 Å². The summed E-state index contributed by atoms with van der Waals surface area (Å²) in [5.41, 5.74) is 1.21. The monoisotopic (exact) mass is 528 g/mol. The smallest absolute Gasteiger partial charge is 0.310 e. The van der Waals surface area contributed by atoms with Gasteiger partial charge in [0.2, 0.25) is 0 Å². The minimum Gasteiger partial charge on any atom is -0.497 e. The highest BCUT2D eigenvalue weighted by atomic mass is 32.1. The first kappa shape index (κ1) is 27.9. The van der Waals surface area contributed by atoms with Gasteiger partial charge in [-0.3, -0.25) is 19.8 Å². The summed E-state index contributed by atoms with van der Waals surface area (Å²) in [7, 11) is 3.17. The zero-order valence-electron chi connectivity index (χ0n) is 21.5. The Kier molecular flexibility index (Phi) is 10.2. The molecule has 0 saturated heterocycles. The van der Waals surface area contributed by atoms with Crippen LogP contribution >= 0.6 is 11.3 Å². The van der Waals surface area contributed by atoms with Crippen molar-refractivity contribution in [3.63, 3.8) is 0 Å². The number of methoxy groups -OCH3 is 2. The molecule has 0 saturated carbocycles. The Balaban J connectivity index is 1.85. The van der Waals surface area contributed by atoms with Gasteiger partial charge in [-0.05, 0) is 50.3 Å². The number of carbonyl (C=O) groups is 1. The first-order valence-corrected chi connectivity index (χ1v) is 12.9. The Hall–Kier alpha value is -3.70. The van der Waals surface area contributed by atoms with Gasteiger partial charge in [-0.25, -0.2) is 4.98 Å². The molecule has 3 rings (SSSR count). The van der Waals surface area contributed by atoms with Gasteiger partial charge in [0.05, 0.1) is 24.8 Å². The number of nitrogens with zero attached hydrogens (tertiary/aromatic N) is 4. The van der Waals surface area contributed by atoms with E-state index in [9.17, 15) is 14.9 Å². The molecule has 0 atom stereocenters. The quantitative estimate of drug-likeness (QED) is 0.215. The van der Waals surface area contributed by atoms with E-state index in [0.29, 0.717) is 28.9 Å². The second-order valence-corrected chi connectivity index (χ2v) is 8.86. The highest BCUT2D eigenvalue weighted by Gasteiger charge is 2.23. The summed E-state index contributed by atoms with van der Waals surface area (Å²) in [4.78, 5) is 32.7. The molecule has 1 aromatic heterocycles. The van der Waals surface area contributed by atoms with Gasteiger partial charge in [0.1, 0.15) is 11.5 Å². The highest BCUT2D eigenvalue weighted by molar-refractivity contribution is 7.14. The minimum absolute atomic E-state index is 0.0462. The van der Waals surface area contributed by atoms with Crippen LogP contribution in [0.4, 0.5) is 10.8 Å². The number of anilines is 1. The molecule has 37 heavy (non-hydrogen) atoms. The number of carbonyl (C=O) groups excluding carboxylic acids is 1. The molecular formula is C26H32N4O6S. The SMILES string of the molecule is CCN(CC)CCCN(C(=O)COc1ccccc1[N+](=O)[O-])c1nc(-c2cc(OC)ccc2OC)cs1. The molecule has 0 spiro atoms. The van der Waals surface area contributed by atoms with Crippen LogP contribution in [0.15, 0.2) is 47.8 Å². The predicted octanol–water partition coefficient (Wildman–Crippen LogP) is 4.88. The molecule has 0 aliphatic heterocycles. The maximum absolute atomic E-state index is 13.3. The molecule has 0 unspecified atom stereocenters. The van der Waals surface area contributed by atoms with Crippen LogP contribution in [0.3, 0.4) is 0 Å². The Morgan fingerprint density at radius 1 is 1.05 bits per heavy atom. The van der Waals surface area contributed by atoms with Crippen molar-refractivity contribution in [3.05, 3.63) is 58.0 Å². The van der Waals surface area contributed by atoms with E-state index in [1.807, 2.05) is 11.4 Å². The van der Waals surface area contributed by atoms with Gasteiger partial charge in [0.15, 0.2) is 17.5 Å². The van der Waals surface area contributed by atoms with Crippen LogP contribution in [-0.2, 0) is 4.79 Å². The lowest BCUT2D eigenvalue weighted by atomic mass is 10.1. The van der Waals surface area contributed by atoms with Crippen molar-refractivity contribution in [1.82, 2.24) is 9.88 Å². The van der Waals surface area contributed by atoms with Gasteiger partial charge in [-0.1, -0.05) is 26.0 Å². The maximum Gasteiger partial charge on any atom is 0.310 e. The zero-order chi connectivity index (χ0) is 26.8. The number of thiazole rings is 1. The Morgan fingerprint density at radius 3 is 2.49 bits per heavy atom. The van der Waals surface area contributed by atoms with E-state index in [2.05, 4.69) is 18.7 Å². The van der Waals surface area contributed by atoms with E-state index >= 15 is 0 Å². The zero-order valence-corrected chi connectivity index (χ0v) is 22.3. The van der Waals surface area contributed by atoms with E-state index < -0.39 is 4.92 Å². The molecular weight excluding hydrogens is 496 g/mol. The van der Waals surface area contributed by atoms with E-state index in [-0.39, 0.29) is 24.0 Å². The van der Waals surface area contributed by atoms with Crippen molar-refractivity contribution in [2.24, 2.45) is 0 Å². The summed E-state index contributed by atoms with van der Waals surface area (Å²) in [5, 5.41) is 13.7. The molecule has 0 aliphatic rings. The number of nitro groups is 1. The first-order valence-electron chi connectivity index (χ1n) is 12.0. The average Bonchev–Trinajstić information content (AvgIpc) is 3.41. The number of aromatic nitrogens is 1. The summed E-state index contributed by atoms with van der Waals surface area (Å²) < 4.78 is 16.4. The maximum atomic E-state index is 13.3. The van der Waals surface area contributed by atoms with Gasteiger partial charge in [0, 0.05) is 23.6 Å². The van der Waals surface area contributed by atoms with Crippen LogP contribution < -0.4 is 19.1 Å². The minimum atomic E-state index is -0.531. The Labute approximate surface area is 220 Å².